The van der Waals surface area contributed by atoms with E-state index in [4.69, 9.17) is 0 Å². The fourth-order valence-corrected chi connectivity index (χ4v) is 9.91. The molecule has 4 aliphatic rings. The van der Waals surface area contributed by atoms with Crippen molar-refractivity contribution in [2.24, 2.45) is 52.3 Å². The lowest BCUT2D eigenvalue weighted by Crippen LogP contribution is -2.47. The monoisotopic (exact) mass is 586 g/mol. The maximum Gasteiger partial charge on any atom is 0.0270 e. The van der Waals surface area contributed by atoms with Crippen LogP contribution in [0.4, 0.5) is 0 Å². The fraction of sp³-hybridized carbons (Fsp3) is 0.545. The zero-order valence-corrected chi connectivity index (χ0v) is 28.7. The molecule has 0 aromatic heterocycles. The summed E-state index contributed by atoms with van der Waals surface area (Å²) in [6.45, 7) is 16.7. The first-order chi connectivity index (χ1) is 21.0. The number of fused-ring (bicyclic) bond motifs is 3. The molecule has 0 heterocycles. The van der Waals surface area contributed by atoms with Gasteiger partial charge < -0.3 is 0 Å². The molecule has 6 rings (SSSR count). The summed E-state index contributed by atoms with van der Waals surface area (Å²) >= 11 is 0. The smallest absolute Gasteiger partial charge is 0.0270 e. The molecule has 234 valence electrons. The van der Waals surface area contributed by atoms with E-state index in [0.29, 0.717) is 35.5 Å². The van der Waals surface area contributed by atoms with E-state index in [-0.39, 0.29) is 16.2 Å². The molecular weight excluding hydrogens is 528 g/mol. The number of hydrogen-bond acceptors (Lipinski definition) is 0. The lowest BCUT2D eigenvalue weighted by Gasteiger charge is -2.50. The molecule has 0 amide bonds. The Morgan fingerprint density at radius 3 is 1.57 bits per heavy atom. The van der Waals surface area contributed by atoms with Gasteiger partial charge in [-0.3, -0.25) is 0 Å². The normalized spacial score (nSPS) is 30.1. The maximum atomic E-state index is 2.76. The molecule has 6 atom stereocenters. The van der Waals surface area contributed by atoms with Crippen molar-refractivity contribution in [1.82, 2.24) is 0 Å². The van der Waals surface area contributed by atoms with Gasteiger partial charge in [0.2, 0.25) is 0 Å². The van der Waals surface area contributed by atoms with E-state index < -0.39 is 0 Å². The van der Waals surface area contributed by atoms with Crippen LogP contribution in [0, 0.1) is 52.3 Å². The lowest BCUT2D eigenvalue weighted by molar-refractivity contribution is 0.153. The van der Waals surface area contributed by atoms with Crippen molar-refractivity contribution < 1.29 is 0 Å². The summed E-state index contributed by atoms with van der Waals surface area (Å²) in [6, 6.07) is 23.7. The summed E-state index contributed by atoms with van der Waals surface area (Å²) < 4.78 is 0. The van der Waals surface area contributed by atoms with Crippen LogP contribution in [0.3, 0.4) is 0 Å². The second-order valence-electron chi connectivity index (χ2n) is 16.8. The first-order valence-electron chi connectivity index (χ1n) is 18.0. The van der Waals surface area contributed by atoms with E-state index in [0.717, 1.165) is 5.92 Å². The number of hydrogen-bond donors (Lipinski definition) is 0. The highest BCUT2D eigenvalue weighted by molar-refractivity contribution is 5.48. The fourth-order valence-electron chi connectivity index (χ4n) is 9.91. The molecule has 0 heteroatoms. The van der Waals surface area contributed by atoms with E-state index >= 15 is 0 Å². The third-order valence-electron chi connectivity index (χ3n) is 12.1. The maximum absolute atomic E-state index is 2.76. The molecule has 0 nitrogen and oxygen atoms in total. The molecule has 0 saturated heterocycles. The minimum absolute atomic E-state index is 0.0420. The van der Waals surface area contributed by atoms with Crippen molar-refractivity contribution in [3.8, 4) is 0 Å². The summed E-state index contributed by atoms with van der Waals surface area (Å²) in [4.78, 5) is 0. The van der Waals surface area contributed by atoms with Gasteiger partial charge in [-0.1, -0.05) is 178 Å². The minimum Gasteiger partial charge on any atom is -0.0799 e. The van der Waals surface area contributed by atoms with Gasteiger partial charge in [-0.05, 0) is 87.4 Å². The van der Waals surface area contributed by atoms with Crippen molar-refractivity contribution in [3.05, 3.63) is 119 Å². The zero-order chi connectivity index (χ0) is 31.1. The average molecular weight is 587 g/mol. The first kappa shape index (κ1) is 31.4. The SMILES string of the molecule is CCCCCC1CCC(C(c2ccccc2)(c2ccccc2)C2C3C=C(C(C)(C)C)C=CC3C3C=CC(C(C)(C)C)=CC32)C1. The molecule has 0 aliphatic heterocycles. The quantitative estimate of drug-likeness (QED) is 0.270. The van der Waals surface area contributed by atoms with Crippen LogP contribution >= 0.6 is 0 Å². The molecule has 0 radical (unpaired) electrons. The van der Waals surface area contributed by atoms with Gasteiger partial charge in [0.1, 0.15) is 0 Å². The van der Waals surface area contributed by atoms with Crippen LogP contribution in [0.2, 0.25) is 0 Å². The highest BCUT2D eigenvalue weighted by Crippen LogP contribution is 2.65. The predicted octanol–water partition coefficient (Wildman–Crippen LogP) is 12.1. The van der Waals surface area contributed by atoms with Gasteiger partial charge in [-0.2, -0.15) is 0 Å². The Kier molecular flexibility index (Phi) is 8.78. The van der Waals surface area contributed by atoms with Crippen molar-refractivity contribution in [2.45, 2.75) is 98.8 Å². The van der Waals surface area contributed by atoms with Crippen LogP contribution in [0.5, 0.6) is 0 Å². The van der Waals surface area contributed by atoms with Crippen molar-refractivity contribution >= 4 is 0 Å². The van der Waals surface area contributed by atoms with E-state index in [1.165, 1.54) is 56.1 Å². The summed E-state index contributed by atoms with van der Waals surface area (Å²) in [6.07, 6.45) is 25.3. The molecule has 2 aromatic rings. The first-order valence-corrected chi connectivity index (χ1v) is 18.0. The Morgan fingerprint density at radius 2 is 1.11 bits per heavy atom. The van der Waals surface area contributed by atoms with Gasteiger partial charge in [0, 0.05) is 5.41 Å². The van der Waals surface area contributed by atoms with Gasteiger partial charge in [0.05, 0.1) is 0 Å². The Labute approximate surface area is 269 Å². The second-order valence-corrected chi connectivity index (χ2v) is 16.8. The van der Waals surface area contributed by atoms with Crippen LogP contribution in [0.15, 0.2) is 108 Å². The van der Waals surface area contributed by atoms with Crippen LogP contribution in [-0.4, -0.2) is 0 Å². The minimum atomic E-state index is -0.0420. The summed E-state index contributed by atoms with van der Waals surface area (Å²) in [5, 5.41) is 0. The van der Waals surface area contributed by atoms with E-state index in [1.807, 2.05) is 0 Å². The van der Waals surface area contributed by atoms with E-state index in [2.05, 4.69) is 146 Å². The third-order valence-corrected chi connectivity index (χ3v) is 12.1. The number of unbranched alkanes of at least 4 members (excludes halogenated alkanes) is 2. The van der Waals surface area contributed by atoms with Crippen molar-refractivity contribution in [2.75, 3.05) is 0 Å². The highest BCUT2D eigenvalue weighted by atomic mass is 14.6. The molecular formula is C44H58. The van der Waals surface area contributed by atoms with Crippen molar-refractivity contribution in [3.63, 3.8) is 0 Å². The van der Waals surface area contributed by atoms with Crippen LogP contribution in [0.1, 0.15) is 105 Å². The molecule has 44 heavy (non-hydrogen) atoms. The number of allylic oxidation sites excluding steroid dienone is 8. The zero-order valence-electron chi connectivity index (χ0n) is 28.7. The predicted molar refractivity (Wildman–Crippen MR) is 189 cm³/mol. The van der Waals surface area contributed by atoms with E-state index in [1.54, 1.807) is 11.1 Å². The van der Waals surface area contributed by atoms with Gasteiger partial charge in [0.15, 0.2) is 0 Å². The lowest BCUT2D eigenvalue weighted by atomic mass is 9.52. The van der Waals surface area contributed by atoms with Crippen LogP contribution < -0.4 is 0 Å². The summed E-state index contributed by atoms with van der Waals surface area (Å²) in [7, 11) is 0. The topological polar surface area (TPSA) is 0 Å². The Bertz CT molecular complexity index is 1290. The van der Waals surface area contributed by atoms with Crippen LogP contribution in [0.25, 0.3) is 0 Å². The molecule has 2 fully saturated rings. The van der Waals surface area contributed by atoms with Gasteiger partial charge in [0.25, 0.3) is 0 Å². The van der Waals surface area contributed by atoms with Gasteiger partial charge in [-0.25, -0.2) is 0 Å². The standard InChI is InChI=1S/C44H58/c1-8-9-12-17-31-22-23-36(28-31)44(32-18-13-10-14-19-32,33-20-15-11-16-21-33)41-39-29-34(42(2,3)4)24-26-37(39)38-27-25-35(30-40(38)41)43(5,6)7/h10-11,13-16,18-21,24-27,29-31,36-41H,8-9,12,17,22-23,28H2,1-7H3. The van der Waals surface area contributed by atoms with E-state index in [9.17, 15) is 0 Å². The van der Waals surface area contributed by atoms with Gasteiger partial charge in [-0.15, -0.1) is 0 Å². The Balaban J connectivity index is 1.59. The molecule has 2 saturated carbocycles. The summed E-state index contributed by atoms with van der Waals surface area (Å²) in [5.41, 5.74) is 6.38. The number of rotatable bonds is 8. The highest BCUT2D eigenvalue weighted by Gasteiger charge is 2.61. The average Bonchev–Trinajstić information content (AvgIpc) is 3.61. The number of benzene rings is 2. The van der Waals surface area contributed by atoms with Crippen molar-refractivity contribution in [1.29, 1.82) is 0 Å². The molecule has 0 bridgehead atoms. The van der Waals surface area contributed by atoms with Crippen LogP contribution in [-0.2, 0) is 5.41 Å². The Morgan fingerprint density at radius 1 is 0.614 bits per heavy atom. The molecule has 4 aliphatic carbocycles. The molecule has 2 aromatic carbocycles. The second kappa shape index (κ2) is 12.3. The largest absolute Gasteiger partial charge is 0.0799 e. The Hall–Kier alpha value is -2.60. The molecule has 0 N–H and O–H groups in total. The molecule has 0 spiro atoms. The summed E-state index contributed by atoms with van der Waals surface area (Å²) in [5.74, 6) is 4.07. The van der Waals surface area contributed by atoms with Gasteiger partial charge >= 0.3 is 0 Å². The third kappa shape index (κ3) is 5.65. The molecule has 6 unspecified atom stereocenters.